The molecule has 9 heteroatoms. The number of aliphatic hydroxyl groups excluding tert-OH is 2. The quantitative estimate of drug-likeness (QED) is 0.0963. The number of aliphatic imine (C=N–C) groups is 1. The normalized spacial score (nSPS) is 19.2. The topological polar surface area (TPSA) is 113 Å². The van der Waals surface area contributed by atoms with Gasteiger partial charge >= 0.3 is 0 Å². The Morgan fingerprint density at radius 2 is 2.03 bits per heavy atom. The van der Waals surface area contributed by atoms with Crippen molar-refractivity contribution in [2.24, 2.45) is 10.9 Å². The highest BCUT2D eigenvalue weighted by Crippen LogP contribution is 2.16. The molecule has 1 aliphatic rings. The van der Waals surface area contributed by atoms with E-state index < -0.39 is 6.23 Å². The van der Waals surface area contributed by atoms with E-state index in [1.807, 2.05) is 57.4 Å². The predicted octanol–water partition coefficient (Wildman–Crippen LogP) is 0.571. The van der Waals surface area contributed by atoms with Crippen LogP contribution in [0.5, 0.6) is 0 Å². The van der Waals surface area contributed by atoms with Gasteiger partial charge in [-0.3, -0.25) is 10.3 Å². The van der Waals surface area contributed by atoms with Crippen molar-refractivity contribution in [3.63, 3.8) is 0 Å². The van der Waals surface area contributed by atoms with Gasteiger partial charge in [0.1, 0.15) is 13.0 Å². The van der Waals surface area contributed by atoms with Gasteiger partial charge in [-0.25, -0.2) is 0 Å². The van der Waals surface area contributed by atoms with Gasteiger partial charge in [-0.05, 0) is 58.3 Å². The van der Waals surface area contributed by atoms with Crippen molar-refractivity contribution in [1.29, 1.82) is 0 Å². The molecule has 0 aliphatic heterocycles. The maximum atomic E-state index is 11.2. The zero-order valence-electron chi connectivity index (χ0n) is 21.6. The van der Waals surface area contributed by atoms with Crippen molar-refractivity contribution in [3.8, 4) is 0 Å². The molecule has 0 aromatic heterocycles. The maximum absolute atomic E-state index is 11.2. The van der Waals surface area contributed by atoms with Gasteiger partial charge in [-0.15, -0.1) is 0 Å². The van der Waals surface area contributed by atoms with E-state index in [1.165, 1.54) is 0 Å². The summed E-state index contributed by atoms with van der Waals surface area (Å²) in [5, 5.41) is 33.7. The molecular formula is C25H46N6O3. The van der Waals surface area contributed by atoms with Crippen LogP contribution in [0.2, 0.25) is 0 Å². The molecule has 3 atom stereocenters. The lowest BCUT2D eigenvalue weighted by Crippen LogP contribution is -2.53. The van der Waals surface area contributed by atoms with Crippen LogP contribution in [0.25, 0.3) is 0 Å². The summed E-state index contributed by atoms with van der Waals surface area (Å²) in [5.74, 6) is -0.235. The number of likely N-dealkylation sites (N-methyl/N-ethyl adjacent to an activating group) is 1. The molecule has 0 saturated carbocycles. The van der Waals surface area contributed by atoms with Crippen LogP contribution in [0.3, 0.4) is 0 Å². The van der Waals surface area contributed by atoms with Crippen LogP contribution in [-0.2, 0) is 4.74 Å². The average Bonchev–Trinajstić information content (AvgIpc) is 2.84. The van der Waals surface area contributed by atoms with Gasteiger partial charge in [0, 0.05) is 38.5 Å². The number of nitrogens with zero attached hydrogens (tertiary/aromatic N) is 2. The molecule has 6 N–H and O–H groups in total. The summed E-state index contributed by atoms with van der Waals surface area (Å²) in [6.45, 7) is 11.3. The summed E-state index contributed by atoms with van der Waals surface area (Å²) in [6.07, 6.45) is 10.7. The zero-order chi connectivity index (χ0) is 25.2. The van der Waals surface area contributed by atoms with Crippen LogP contribution in [0.15, 0.2) is 52.7 Å². The minimum absolute atomic E-state index is 0.131. The molecule has 0 fully saturated rings. The summed E-state index contributed by atoms with van der Waals surface area (Å²) in [6, 6.07) is 0. The summed E-state index contributed by atoms with van der Waals surface area (Å²) in [4.78, 5) is 6.33. The van der Waals surface area contributed by atoms with Crippen LogP contribution in [0, 0.1) is 5.92 Å². The van der Waals surface area contributed by atoms with E-state index in [4.69, 9.17) is 9.84 Å². The molecule has 0 saturated heterocycles. The lowest BCUT2D eigenvalue weighted by atomic mass is 10.00. The second-order valence-electron chi connectivity index (χ2n) is 7.97. The van der Waals surface area contributed by atoms with Crippen LogP contribution >= 0.6 is 0 Å². The Morgan fingerprint density at radius 3 is 2.68 bits per heavy atom. The van der Waals surface area contributed by atoms with Crippen molar-refractivity contribution in [1.82, 2.24) is 26.2 Å². The van der Waals surface area contributed by atoms with Crippen molar-refractivity contribution < 1.29 is 14.9 Å². The first-order valence-electron chi connectivity index (χ1n) is 12.2. The minimum Gasteiger partial charge on any atom is -0.380 e. The fraction of sp³-hybridized carbons (Fsp3) is 0.640. The molecule has 0 spiro atoms. The van der Waals surface area contributed by atoms with Gasteiger partial charge in [0.15, 0.2) is 0 Å². The number of ether oxygens (including phenoxy) is 1. The molecule has 34 heavy (non-hydrogen) atoms. The average molecular weight is 479 g/mol. The molecule has 0 amide bonds. The van der Waals surface area contributed by atoms with E-state index in [9.17, 15) is 5.11 Å². The molecule has 3 unspecified atom stereocenters. The van der Waals surface area contributed by atoms with Crippen LogP contribution in [0.1, 0.15) is 20.8 Å². The van der Waals surface area contributed by atoms with Gasteiger partial charge in [0.25, 0.3) is 0 Å². The van der Waals surface area contributed by atoms with Gasteiger partial charge in [0.05, 0.1) is 24.4 Å². The van der Waals surface area contributed by atoms with Crippen LogP contribution < -0.4 is 21.3 Å². The molecule has 0 heterocycles. The number of rotatable bonds is 18. The molecule has 1 rings (SSSR count). The predicted molar refractivity (Wildman–Crippen MR) is 141 cm³/mol. The lowest BCUT2D eigenvalue weighted by molar-refractivity contribution is 0.0809. The summed E-state index contributed by atoms with van der Waals surface area (Å²) < 4.78 is 5.35. The number of hydrogen-bond acceptors (Lipinski definition) is 9. The monoisotopic (exact) mass is 478 g/mol. The Bertz CT molecular complexity index is 705. The highest BCUT2D eigenvalue weighted by atomic mass is 16.5. The first kappa shape index (κ1) is 30.2. The second-order valence-corrected chi connectivity index (χ2v) is 7.97. The highest BCUT2D eigenvalue weighted by molar-refractivity contribution is 6.11. The number of nitrogens with one attached hydrogen (secondary N) is 4. The first-order chi connectivity index (χ1) is 16.5. The Morgan fingerprint density at radius 1 is 1.24 bits per heavy atom. The molecule has 0 radical (unpaired) electrons. The zero-order valence-corrected chi connectivity index (χ0v) is 21.6. The van der Waals surface area contributed by atoms with Gasteiger partial charge in [-0.2, -0.15) is 0 Å². The van der Waals surface area contributed by atoms with Gasteiger partial charge in [0.2, 0.25) is 0 Å². The largest absolute Gasteiger partial charge is 0.380 e. The van der Waals surface area contributed by atoms with E-state index >= 15 is 0 Å². The molecule has 194 valence electrons. The van der Waals surface area contributed by atoms with Crippen molar-refractivity contribution in [2.75, 3.05) is 66.8 Å². The standard InChI is InChI=1S/C25H46N6O3/c1-6-20-18-21(11-12-23(20)29-19-32)30-25(33)22(10-9-13-27-15-17-34-8-3)24(26-4)28-14-16-31(5)7-2/h6,9-12,18,22,24-28,30,32-33H,7-8,13-17,19H2,1-5H3/b10-9+,20-6-,29-23-. The van der Waals surface area contributed by atoms with Gasteiger partial charge in [-0.1, -0.05) is 25.2 Å². The molecule has 1 aliphatic carbocycles. The van der Waals surface area contributed by atoms with E-state index in [2.05, 4.69) is 45.1 Å². The summed E-state index contributed by atoms with van der Waals surface area (Å²) in [5.41, 5.74) is 2.39. The number of aliphatic hydroxyl groups is 2. The van der Waals surface area contributed by atoms with Gasteiger partial charge < -0.3 is 35.8 Å². The third-order valence-electron chi connectivity index (χ3n) is 5.60. The SMILES string of the molecule is C/C=C1/C=C(NC(O)C(/C=C/CNCCOCC)C(NC)NCCN(C)CC)C=C/C1=N/CO. The Kier molecular flexibility index (Phi) is 16.4. The molecule has 0 aromatic rings. The molecule has 9 nitrogen and oxygen atoms in total. The summed E-state index contributed by atoms with van der Waals surface area (Å²) in [7, 11) is 3.98. The Balaban J connectivity index is 2.88. The van der Waals surface area contributed by atoms with Crippen molar-refractivity contribution >= 4 is 5.71 Å². The Hall–Kier alpha value is -1.85. The highest BCUT2D eigenvalue weighted by Gasteiger charge is 2.25. The third-order valence-corrected chi connectivity index (χ3v) is 5.60. The maximum Gasteiger partial charge on any atom is 0.134 e. The van der Waals surface area contributed by atoms with Crippen LogP contribution in [0.4, 0.5) is 0 Å². The minimum atomic E-state index is -0.834. The molecular weight excluding hydrogens is 432 g/mol. The fourth-order valence-electron chi connectivity index (χ4n) is 3.46. The molecule has 0 bridgehead atoms. The number of allylic oxidation sites excluding steroid dienone is 5. The number of hydrogen-bond donors (Lipinski definition) is 6. The third kappa shape index (κ3) is 11.5. The smallest absolute Gasteiger partial charge is 0.134 e. The van der Waals surface area contributed by atoms with Crippen molar-refractivity contribution in [2.45, 2.75) is 33.2 Å². The second kappa shape index (κ2) is 18.5. The van der Waals surface area contributed by atoms with E-state index in [0.29, 0.717) is 19.8 Å². The first-order valence-corrected chi connectivity index (χ1v) is 12.2. The fourth-order valence-corrected chi connectivity index (χ4v) is 3.46. The summed E-state index contributed by atoms with van der Waals surface area (Å²) >= 11 is 0. The van der Waals surface area contributed by atoms with Crippen LogP contribution in [-0.4, -0.2) is 100.0 Å². The van der Waals surface area contributed by atoms with E-state index in [-0.39, 0.29) is 18.8 Å². The Labute approximate surface area is 205 Å². The lowest BCUT2D eigenvalue weighted by Gasteiger charge is -2.31. The van der Waals surface area contributed by atoms with Crippen molar-refractivity contribution in [3.05, 3.63) is 47.7 Å². The molecule has 0 aromatic carbocycles. The van der Waals surface area contributed by atoms with E-state index in [0.717, 1.165) is 43.2 Å². The van der Waals surface area contributed by atoms with E-state index in [1.54, 1.807) is 0 Å².